The van der Waals surface area contributed by atoms with Crippen LogP contribution < -0.4 is 4.74 Å². The van der Waals surface area contributed by atoms with E-state index in [-0.39, 0.29) is 5.97 Å². The highest BCUT2D eigenvalue weighted by atomic mass is 16.5. The molecule has 2 aromatic heterocycles. The van der Waals surface area contributed by atoms with Crippen LogP contribution in [0.3, 0.4) is 0 Å². The van der Waals surface area contributed by atoms with E-state index >= 15 is 0 Å². The molecule has 0 aliphatic heterocycles. The lowest BCUT2D eigenvalue weighted by molar-refractivity contribution is -0.137. The van der Waals surface area contributed by atoms with E-state index in [0.717, 1.165) is 45.0 Å². The van der Waals surface area contributed by atoms with Gasteiger partial charge in [0, 0.05) is 41.7 Å². The van der Waals surface area contributed by atoms with E-state index in [9.17, 15) is 4.79 Å². The number of rotatable bonds is 10. The van der Waals surface area contributed by atoms with Crippen LogP contribution in [0, 0.1) is 6.92 Å². The van der Waals surface area contributed by atoms with Crippen molar-refractivity contribution in [2.45, 2.75) is 27.0 Å². The minimum Gasteiger partial charge on any atom is -0.487 e. The van der Waals surface area contributed by atoms with E-state index < -0.39 is 0 Å². The fraction of sp³-hybridized carbons (Fsp3) is 0.152. The second-order valence-electron chi connectivity index (χ2n) is 9.07. The second kappa shape index (κ2) is 12.1. The number of aromatic nitrogens is 2. The van der Waals surface area contributed by atoms with Crippen LogP contribution in [-0.2, 0) is 22.7 Å². The van der Waals surface area contributed by atoms with Crippen LogP contribution in [-0.4, -0.2) is 22.1 Å². The van der Waals surface area contributed by atoms with Crippen molar-refractivity contribution in [1.82, 2.24) is 9.55 Å². The highest BCUT2D eigenvalue weighted by Crippen LogP contribution is 2.27. The summed E-state index contributed by atoms with van der Waals surface area (Å²) in [5, 5.41) is 0. The number of oxazole rings is 1. The highest BCUT2D eigenvalue weighted by Gasteiger charge is 2.12. The maximum atomic E-state index is 11.9. The summed E-state index contributed by atoms with van der Waals surface area (Å²) in [6.45, 7) is 5.05. The Morgan fingerprint density at radius 2 is 1.62 bits per heavy atom. The van der Waals surface area contributed by atoms with Crippen LogP contribution in [0.2, 0.25) is 0 Å². The molecule has 5 rings (SSSR count). The largest absolute Gasteiger partial charge is 0.487 e. The first-order valence-electron chi connectivity index (χ1n) is 12.9. The van der Waals surface area contributed by atoms with Crippen molar-refractivity contribution in [3.63, 3.8) is 0 Å². The Kier molecular flexibility index (Phi) is 8.03. The summed E-state index contributed by atoms with van der Waals surface area (Å²) in [7, 11) is 0. The molecule has 6 heteroatoms. The molecule has 0 saturated heterocycles. The third-order valence-electron chi connectivity index (χ3n) is 6.26. The molecule has 2 heterocycles. The Morgan fingerprint density at radius 3 is 2.31 bits per heavy atom. The number of hydrogen-bond acceptors (Lipinski definition) is 5. The van der Waals surface area contributed by atoms with E-state index in [0.29, 0.717) is 25.6 Å². The molecule has 0 unspecified atom stereocenters. The number of carbonyl (C=O) groups is 1. The van der Waals surface area contributed by atoms with Gasteiger partial charge in [0.05, 0.1) is 6.61 Å². The summed E-state index contributed by atoms with van der Waals surface area (Å²) in [5.74, 6) is 1.76. The second-order valence-corrected chi connectivity index (χ2v) is 9.07. The van der Waals surface area contributed by atoms with Gasteiger partial charge < -0.3 is 18.5 Å². The molecule has 5 aromatic rings. The van der Waals surface area contributed by atoms with Gasteiger partial charge in [-0.15, -0.1) is 0 Å². The maximum Gasteiger partial charge on any atom is 0.330 e. The third-order valence-corrected chi connectivity index (χ3v) is 6.26. The Bertz CT molecular complexity index is 1550. The van der Waals surface area contributed by atoms with Crippen LogP contribution in [0.25, 0.3) is 28.7 Å². The molecular weight excluding hydrogens is 488 g/mol. The third kappa shape index (κ3) is 6.54. The molecular formula is C33H30N2O4. The summed E-state index contributed by atoms with van der Waals surface area (Å²) < 4.78 is 19.0. The van der Waals surface area contributed by atoms with E-state index in [1.807, 2.05) is 79.9 Å². The molecule has 0 N–H and O–H groups in total. The number of benzene rings is 3. The summed E-state index contributed by atoms with van der Waals surface area (Å²) in [5.41, 5.74) is 5.93. The molecule has 196 valence electrons. The van der Waals surface area contributed by atoms with E-state index in [1.165, 1.54) is 6.08 Å². The minimum absolute atomic E-state index is 0.329. The van der Waals surface area contributed by atoms with Gasteiger partial charge in [0.1, 0.15) is 23.8 Å². The SMILES string of the molecule is CCOC(=O)/C=C/c1cn(Cc2ccc(OCc3nc(-c4ccccc4)oc3C)cc2)cc1-c1ccccc1. The van der Waals surface area contributed by atoms with Gasteiger partial charge in [-0.3, -0.25) is 0 Å². The maximum absolute atomic E-state index is 11.9. The lowest BCUT2D eigenvalue weighted by Crippen LogP contribution is -1.99. The van der Waals surface area contributed by atoms with Gasteiger partial charge in [-0.25, -0.2) is 9.78 Å². The standard InChI is InChI=1S/C33H30N2O4/c1-3-37-32(36)19-16-28-21-35(22-30(28)26-10-6-4-7-11-26)20-25-14-17-29(18-15-25)38-23-31-24(2)39-33(34-31)27-12-8-5-9-13-27/h4-19,21-22H,3,20,23H2,1-2H3/b19-16+. The molecule has 0 spiro atoms. The summed E-state index contributed by atoms with van der Waals surface area (Å²) in [6.07, 6.45) is 7.42. The molecule has 39 heavy (non-hydrogen) atoms. The van der Waals surface area contributed by atoms with E-state index in [1.54, 1.807) is 6.92 Å². The Labute approximate surface area is 228 Å². The van der Waals surface area contributed by atoms with Crippen LogP contribution in [0.5, 0.6) is 5.75 Å². The lowest BCUT2D eigenvalue weighted by atomic mass is 10.0. The Hall–Kier alpha value is -4.84. The topological polar surface area (TPSA) is 66.5 Å². The lowest BCUT2D eigenvalue weighted by Gasteiger charge is -2.07. The number of hydrogen-bond donors (Lipinski definition) is 0. The Morgan fingerprint density at radius 1 is 0.923 bits per heavy atom. The first-order valence-corrected chi connectivity index (χ1v) is 12.9. The zero-order chi connectivity index (χ0) is 27.0. The zero-order valence-corrected chi connectivity index (χ0v) is 22.0. The van der Waals surface area contributed by atoms with Gasteiger partial charge in [-0.2, -0.15) is 0 Å². The van der Waals surface area contributed by atoms with Crippen molar-refractivity contribution >= 4 is 12.0 Å². The molecule has 0 atom stereocenters. The number of esters is 1. The molecule has 0 saturated carbocycles. The minimum atomic E-state index is -0.350. The van der Waals surface area contributed by atoms with Gasteiger partial charge >= 0.3 is 5.97 Å². The van der Waals surface area contributed by atoms with Gasteiger partial charge in [0.25, 0.3) is 0 Å². The van der Waals surface area contributed by atoms with Crippen molar-refractivity contribution in [3.05, 3.63) is 126 Å². The van der Waals surface area contributed by atoms with Crippen molar-refractivity contribution in [2.24, 2.45) is 0 Å². The normalized spacial score (nSPS) is 11.1. The quantitative estimate of drug-likeness (QED) is 0.143. The van der Waals surface area contributed by atoms with Gasteiger partial charge in [-0.05, 0) is 55.3 Å². The van der Waals surface area contributed by atoms with Gasteiger partial charge in [-0.1, -0.05) is 60.7 Å². The number of carbonyl (C=O) groups excluding carboxylic acids is 1. The first kappa shape index (κ1) is 25.8. The fourth-order valence-electron chi connectivity index (χ4n) is 4.28. The summed E-state index contributed by atoms with van der Waals surface area (Å²) in [6, 6.07) is 28.0. The smallest absolute Gasteiger partial charge is 0.330 e. The summed E-state index contributed by atoms with van der Waals surface area (Å²) >= 11 is 0. The molecule has 0 fully saturated rings. The number of aryl methyl sites for hydroxylation is 1. The molecule has 0 aliphatic carbocycles. The predicted molar refractivity (Wildman–Crippen MR) is 152 cm³/mol. The Balaban J connectivity index is 1.26. The predicted octanol–water partition coefficient (Wildman–Crippen LogP) is 7.32. The van der Waals surface area contributed by atoms with Gasteiger partial charge in [0.15, 0.2) is 0 Å². The number of ether oxygens (including phenoxy) is 2. The first-order chi connectivity index (χ1) is 19.1. The van der Waals surface area contributed by atoms with Crippen LogP contribution in [0.1, 0.15) is 29.5 Å². The molecule has 0 amide bonds. The summed E-state index contributed by atoms with van der Waals surface area (Å²) in [4.78, 5) is 16.5. The fourth-order valence-corrected chi connectivity index (χ4v) is 4.28. The van der Waals surface area contributed by atoms with Gasteiger partial charge in [0.2, 0.25) is 5.89 Å². The van der Waals surface area contributed by atoms with Crippen molar-refractivity contribution in [1.29, 1.82) is 0 Å². The van der Waals surface area contributed by atoms with E-state index in [4.69, 9.17) is 13.9 Å². The zero-order valence-electron chi connectivity index (χ0n) is 22.0. The molecule has 3 aromatic carbocycles. The monoisotopic (exact) mass is 518 g/mol. The average molecular weight is 519 g/mol. The van der Waals surface area contributed by atoms with Crippen LogP contribution in [0.15, 0.2) is 108 Å². The molecule has 0 radical (unpaired) electrons. The molecule has 6 nitrogen and oxygen atoms in total. The molecule has 0 bridgehead atoms. The van der Waals surface area contributed by atoms with Crippen molar-refractivity contribution in [3.8, 4) is 28.3 Å². The van der Waals surface area contributed by atoms with Crippen molar-refractivity contribution in [2.75, 3.05) is 6.61 Å². The number of nitrogens with zero attached hydrogens (tertiary/aromatic N) is 2. The van der Waals surface area contributed by atoms with Crippen LogP contribution in [0.4, 0.5) is 0 Å². The molecule has 0 aliphatic rings. The average Bonchev–Trinajstić information content (AvgIpc) is 3.55. The highest BCUT2D eigenvalue weighted by molar-refractivity contribution is 5.89. The van der Waals surface area contributed by atoms with E-state index in [2.05, 4.69) is 40.0 Å². The van der Waals surface area contributed by atoms with Crippen LogP contribution >= 0.6 is 0 Å². The van der Waals surface area contributed by atoms with Crippen molar-refractivity contribution < 1.29 is 18.7 Å².